The van der Waals surface area contributed by atoms with Crippen molar-refractivity contribution in [3.8, 4) is 24.1 Å². The van der Waals surface area contributed by atoms with E-state index in [4.69, 9.17) is 9.31 Å². The molecule has 19 heavy (non-hydrogen) atoms. The molecule has 0 spiro atoms. The summed E-state index contributed by atoms with van der Waals surface area (Å²) in [6.45, 7) is 0. The number of benzene rings is 2. The Bertz CT molecular complexity index is 558. The van der Waals surface area contributed by atoms with Gasteiger partial charge in [-0.3, -0.25) is 0 Å². The van der Waals surface area contributed by atoms with E-state index in [0.717, 1.165) is 18.8 Å². The molecule has 0 aliphatic heterocycles. The summed E-state index contributed by atoms with van der Waals surface area (Å²) in [6, 6.07) is 19.1. The normalized spacial score (nSPS) is 8.21. The van der Waals surface area contributed by atoms with Crippen LogP contribution < -0.4 is 0 Å². The van der Waals surface area contributed by atoms with E-state index in [0.29, 0.717) is 0 Å². The van der Waals surface area contributed by atoms with Gasteiger partial charge in [0.2, 0.25) is 0 Å². The maximum Gasteiger partial charge on any atom is 0.676 e. The molecule has 0 aliphatic rings. The van der Waals surface area contributed by atoms with E-state index in [-0.39, 0.29) is 0 Å². The summed E-state index contributed by atoms with van der Waals surface area (Å²) in [5, 5.41) is 0. The van der Waals surface area contributed by atoms with Gasteiger partial charge in [-0.15, -0.1) is 0 Å². The van der Waals surface area contributed by atoms with Crippen LogP contribution in [-0.4, -0.2) is 7.69 Å². The van der Waals surface area contributed by atoms with E-state index in [1.165, 1.54) is 0 Å². The molecule has 0 fully saturated rings. The van der Waals surface area contributed by atoms with Crippen LogP contribution in [0.1, 0.15) is 11.1 Å². The Hall–Kier alpha value is -2.78. The third-order valence-corrected chi connectivity index (χ3v) is 2.15. The fraction of sp³-hybridized carbons (Fsp3) is 0. The van der Waals surface area contributed by atoms with Crippen molar-refractivity contribution in [2.45, 2.75) is 0 Å². The minimum atomic E-state index is 0.881. The van der Waals surface area contributed by atoms with Gasteiger partial charge in [-0.05, 0) is 36.1 Å². The van der Waals surface area contributed by atoms with Crippen LogP contribution >= 0.6 is 0 Å². The van der Waals surface area contributed by atoms with E-state index < -0.39 is 0 Å². The first-order valence-electron chi connectivity index (χ1n) is 5.70. The van der Waals surface area contributed by atoms with Gasteiger partial charge in [-0.25, -0.2) is 0 Å². The predicted molar refractivity (Wildman–Crippen MR) is 74.6 cm³/mol. The first-order valence-corrected chi connectivity index (χ1v) is 5.70. The zero-order valence-corrected chi connectivity index (χ0v) is 10.2. The quantitative estimate of drug-likeness (QED) is 0.460. The van der Waals surface area contributed by atoms with Gasteiger partial charge in [0, 0.05) is 11.1 Å². The molecule has 0 atom stereocenters. The van der Waals surface area contributed by atoms with E-state index in [9.17, 15) is 0 Å². The molecule has 89 valence electrons. The third kappa shape index (κ3) is 4.94. The molecule has 2 rings (SSSR count). The Kier molecular flexibility index (Phi) is 5.02. The van der Waals surface area contributed by atoms with Gasteiger partial charge < -0.3 is 9.31 Å². The first kappa shape index (κ1) is 12.7. The van der Waals surface area contributed by atoms with E-state index in [1.807, 2.05) is 60.7 Å². The lowest BCUT2D eigenvalue weighted by Gasteiger charge is -1.90. The second-order valence-electron chi connectivity index (χ2n) is 3.52. The average Bonchev–Trinajstić information content (AvgIpc) is 2.48. The van der Waals surface area contributed by atoms with Gasteiger partial charge in [0.25, 0.3) is 0 Å². The van der Waals surface area contributed by atoms with Crippen LogP contribution in [0, 0.1) is 24.1 Å². The second-order valence-corrected chi connectivity index (χ2v) is 3.52. The fourth-order valence-corrected chi connectivity index (χ4v) is 1.29. The average molecular weight is 245 g/mol. The molecule has 2 aromatic carbocycles. The van der Waals surface area contributed by atoms with Gasteiger partial charge in [-0.1, -0.05) is 36.4 Å². The molecule has 0 saturated carbocycles. The van der Waals surface area contributed by atoms with E-state index >= 15 is 0 Å². The largest absolute Gasteiger partial charge is 0.676 e. The van der Waals surface area contributed by atoms with Crippen molar-refractivity contribution in [2.75, 3.05) is 0 Å². The third-order valence-electron chi connectivity index (χ3n) is 2.15. The van der Waals surface area contributed by atoms with Crippen molar-refractivity contribution in [1.29, 1.82) is 0 Å². The maximum absolute atomic E-state index is 4.86. The monoisotopic (exact) mass is 245 g/mol. The molecular weight excluding hydrogens is 235 g/mol. The summed E-state index contributed by atoms with van der Waals surface area (Å²) in [7, 11) is 1.10. The van der Waals surface area contributed by atoms with Gasteiger partial charge in [0.05, 0.1) is 12.2 Å². The fourth-order valence-electron chi connectivity index (χ4n) is 1.29. The predicted octanol–water partition coefficient (Wildman–Crippen LogP) is 2.57. The molecule has 3 heteroatoms. The maximum atomic E-state index is 4.86. The smallest absolute Gasteiger partial charge is 0.476 e. The molecule has 0 bridgehead atoms. The molecule has 2 nitrogen and oxygen atoms in total. The summed E-state index contributed by atoms with van der Waals surface area (Å²) in [4.78, 5) is 0. The lowest BCUT2D eigenvalue weighted by Crippen LogP contribution is -1.95. The topological polar surface area (TPSA) is 18.5 Å². The van der Waals surface area contributed by atoms with Crippen molar-refractivity contribution >= 4 is 7.69 Å². The molecule has 0 saturated heterocycles. The Morgan fingerprint density at radius 2 is 1.05 bits per heavy atom. The molecule has 0 heterocycles. The highest BCUT2D eigenvalue weighted by Gasteiger charge is 1.90. The van der Waals surface area contributed by atoms with Crippen LogP contribution in [0.5, 0.6) is 0 Å². The van der Waals surface area contributed by atoms with Gasteiger partial charge in [0.15, 0.2) is 0 Å². The second kappa shape index (κ2) is 7.53. The highest BCUT2D eigenvalue weighted by atomic mass is 16.6. The summed E-state index contributed by atoms with van der Waals surface area (Å²) < 4.78 is 9.73. The lowest BCUT2D eigenvalue weighted by atomic mass is 10.2. The van der Waals surface area contributed by atoms with E-state index in [1.54, 1.807) is 0 Å². The number of hydrogen-bond donors (Lipinski definition) is 0. The molecule has 0 amide bonds. The zero-order valence-electron chi connectivity index (χ0n) is 10.2. The number of rotatable bonds is 2. The Labute approximate surface area is 113 Å². The van der Waals surface area contributed by atoms with Crippen molar-refractivity contribution in [3.05, 3.63) is 71.8 Å². The Balaban J connectivity index is 1.71. The van der Waals surface area contributed by atoms with E-state index in [2.05, 4.69) is 24.1 Å². The lowest BCUT2D eigenvalue weighted by molar-refractivity contribution is 0.414. The van der Waals surface area contributed by atoms with Crippen LogP contribution in [0.15, 0.2) is 60.7 Å². The summed E-state index contributed by atoms with van der Waals surface area (Å²) in [5.74, 6) is 5.64. The summed E-state index contributed by atoms with van der Waals surface area (Å²) in [6.07, 6.45) is 5.00. The van der Waals surface area contributed by atoms with Crippen molar-refractivity contribution in [2.24, 2.45) is 0 Å². The molecule has 0 unspecified atom stereocenters. The van der Waals surface area contributed by atoms with Crippen molar-refractivity contribution in [1.82, 2.24) is 0 Å². The minimum absolute atomic E-state index is 0.881. The van der Waals surface area contributed by atoms with Crippen LogP contribution in [0.3, 0.4) is 0 Å². The Morgan fingerprint density at radius 1 is 0.632 bits per heavy atom. The SMILES string of the molecule is [B](OC#Cc1ccccc1)OC#Cc1ccccc1. The molecule has 0 N–H and O–H groups in total. The molecule has 1 radical (unpaired) electrons. The molecular formula is C16H10BO2. The van der Waals surface area contributed by atoms with Crippen LogP contribution in [0.4, 0.5) is 0 Å². The molecule has 2 aromatic rings. The Morgan fingerprint density at radius 3 is 1.47 bits per heavy atom. The van der Waals surface area contributed by atoms with Gasteiger partial charge in [-0.2, -0.15) is 0 Å². The van der Waals surface area contributed by atoms with Gasteiger partial charge in [0.1, 0.15) is 0 Å². The standard InChI is InChI=1S/C16H10BO2/c1-3-7-15(8-4-1)11-13-18-17-19-14-12-16-9-5-2-6-10-16/h1-10H. The highest BCUT2D eigenvalue weighted by Crippen LogP contribution is 1.95. The summed E-state index contributed by atoms with van der Waals surface area (Å²) in [5.41, 5.74) is 1.76. The van der Waals surface area contributed by atoms with Crippen LogP contribution in [0.25, 0.3) is 0 Å². The molecule has 0 aliphatic carbocycles. The van der Waals surface area contributed by atoms with Crippen LogP contribution in [-0.2, 0) is 9.31 Å². The number of hydrogen-bond acceptors (Lipinski definition) is 2. The highest BCUT2D eigenvalue weighted by molar-refractivity contribution is 6.19. The van der Waals surface area contributed by atoms with Crippen molar-refractivity contribution in [3.63, 3.8) is 0 Å². The van der Waals surface area contributed by atoms with Crippen molar-refractivity contribution < 1.29 is 9.31 Å². The molecule has 0 aromatic heterocycles. The summed E-state index contributed by atoms with van der Waals surface area (Å²) >= 11 is 0. The van der Waals surface area contributed by atoms with Gasteiger partial charge >= 0.3 is 7.69 Å². The first-order chi connectivity index (χ1) is 9.45. The zero-order chi connectivity index (χ0) is 13.2. The minimum Gasteiger partial charge on any atom is -0.476 e. The van der Waals surface area contributed by atoms with Crippen LogP contribution in [0.2, 0.25) is 0 Å².